The number of fused-ring (bicyclic) bond motifs is 1. The summed E-state index contributed by atoms with van der Waals surface area (Å²) in [5.74, 6) is -2.38. The summed E-state index contributed by atoms with van der Waals surface area (Å²) < 4.78 is 11.0. The van der Waals surface area contributed by atoms with Crippen molar-refractivity contribution in [1.29, 1.82) is 0 Å². The van der Waals surface area contributed by atoms with Crippen molar-refractivity contribution in [3.63, 3.8) is 0 Å². The lowest BCUT2D eigenvalue weighted by Gasteiger charge is -2.30. The van der Waals surface area contributed by atoms with Crippen molar-refractivity contribution in [3.05, 3.63) is 48.6 Å². The average molecular weight is 687 g/mol. The molecule has 0 aliphatic carbocycles. The van der Waals surface area contributed by atoms with E-state index >= 15 is 0 Å². The standard InChI is InChI=1S/C35H58O13/c1-4-5-10-14-27(41)31-28(42)19-24(38)17-22(36)16-23(37)18-25(39)20-29(43)32(44)33(45)35(3)30(48-35)15-12-9-7-6-8-11-13-26(40)21(2)47-34(31)46/h6-9,11-13,15,21-33,36-45H,4-5,10,14,16-20H2,1-3H3/b8-6+,9-7+,13-11+,15-12+/t21-,22+,23-,24+,25-,26+,27-,28+,29-,30+,31-,32+,33-,35-/m1/s1. The van der Waals surface area contributed by atoms with Gasteiger partial charge in [-0.25, -0.2) is 0 Å². The van der Waals surface area contributed by atoms with E-state index in [-0.39, 0.29) is 32.1 Å². The lowest BCUT2D eigenvalue weighted by Crippen LogP contribution is -2.47. The van der Waals surface area contributed by atoms with Gasteiger partial charge < -0.3 is 60.5 Å². The third-order valence-electron chi connectivity index (χ3n) is 8.99. The largest absolute Gasteiger partial charge is 0.459 e. The van der Waals surface area contributed by atoms with Crippen molar-refractivity contribution in [2.75, 3.05) is 0 Å². The molecule has 0 saturated carbocycles. The summed E-state index contributed by atoms with van der Waals surface area (Å²) >= 11 is 0. The number of allylic oxidation sites excluding steroid dienone is 6. The zero-order valence-corrected chi connectivity index (χ0v) is 28.2. The molecule has 0 amide bonds. The van der Waals surface area contributed by atoms with Gasteiger partial charge in [-0.3, -0.25) is 4.79 Å². The highest BCUT2D eigenvalue weighted by Gasteiger charge is 2.58. The number of hydrogen-bond donors (Lipinski definition) is 10. The van der Waals surface area contributed by atoms with Gasteiger partial charge in [0.25, 0.3) is 0 Å². The van der Waals surface area contributed by atoms with Crippen LogP contribution in [0.25, 0.3) is 0 Å². The van der Waals surface area contributed by atoms with Gasteiger partial charge in [-0.15, -0.1) is 0 Å². The van der Waals surface area contributed by atoms with E-state index in [0.717, 1.165) is 12.8 Å². The Morgan fingerprint density at radius 2 is 1.25 bits per heavy atom. The van der Waals surface area contributed by atoms with Gasteiger partial charge in [0, 0.05) is 12.8 Å². The van der Waals surface area contributed by atoms with Crippen LogP contribution in [0.5, 0.6) is 0 Å². The van der Waals surface area contributed by atoms with Gasteiger partial charge in [-0.2, -0.15) is 0 Å². The number of rotatable bonds is 5. The number of hydrogen-bond acceptors (Lipinski definition) is 13. The maximum absolute atomic E-state index is 13.2. The second kappa shape index (κ2) is 20.6. The molecule has 0 aromatic rings. The molecule has 0 radical (unpaired) electrons. The monoisotopic (exact) mass is 686 g/mol. The first-order chi connectivity index (χ1) is 22.6. The van der Waals surface area contributed by atoms with E-state index in [9.17, 15) is 55.9 Å². The first-order valence-electron chi connectivity index (χ1n) is 17.0. The van der Waals surface area contributed by atoms with Gasteiger partial charge in [-0.05, 0) is 39.5 Å². The van der Waals surface area contributed by atoms with Crippen molar-refractivity contribution >= 4 is 5.97 Å². The fourth-order valence-electron chi connectivity index (χ4n) is 5.87. The van der Waals surface area contributed by atoms with E-state index in [2.05, 4.69) is 0 Å². The molecule has 2 rings (SSSR count). The molecule has 2 aliphatic rings. The molecule has 14 atom stereocenters. The van der Waals surface area contributed by atoms with E-state index in [0.29, 0.717) is 6.42 Å². The van der Waals surface area contributed by atoms with Crippen LogP contribution in [0.4, 0.5) is 0 Å². The molecular formula is C35H58O13. The second-order valence-corrected chi connectivity index (χ2v) is 13.3. The lowest BCUT2D eigenvalue weighted by molar-refractivity contribution is -0.168. The molecule has 13 nitrogen and oxygen atoms in total. The summed E-state index contributed by atoms with van der Waals surface area (Å²) in [6.07, 6.45) is -1.77. The summed E-state index contributed by atoms with van der Waals surface area (Å²) in [6.45, 7) is 5.01. The predicted octanol–water partition coefficient (Wildman–Crippen LogP) is 0.0700. The first kappa shape index (κ1) is 42.2. The molecular weight excluding hydrogens is 628 g/mol. The van der Waals surface area contributed by atoms with Crippen LogP contribution >= 0.6 is 0 Å². The van der Waals surface area contributed by atoms with Crippen molar-refractivity contribution < 1.29 is 65.3 Å². The zero-order chi connectivity index (χ0) is 36.0. The predicted molar refractivity (Wildman–Crippen MR) is 176 cm³/mol. The Morgan fingerprint density at radius 1 is 0.750 bits per heavy atom. The van der Waals surface area contributed by atoms with Crippen molar-refractivity contribution in [1.82, 2.24) is 0 Å². The second-order valence-electron chi connectivity index (χ2n) is 13.3. The molecule has 48 heavy (non-hydrogen) atoms. The zero-order valence-electron chi connectivity index (χ0n) is 28.2. The molecule has 0 aromatic heterocycles. The molecule has 0 unspecified atom stereocenters. The molecule has 0 spiro atoms. The SMILES string of the molecule is CCCCC[C@@H](O)[C@H]1C(=O)O[C@H](C)[C@@H](O)/C=C/C=C/C=C/C=C/[C@@H]2O[C@@]2(C)[C@H](O)[C@@H](O)[C@H](O)C[C@H](O)C[C@H](O)C[C@H](O)C[C@H](O)C[C@@H]1O. The molecule has 0 aromatic carbocycles. The minimum absolute atomic E-state index is 0.194. The molecule has 10 N–H and O–H groups in total. The smallest absolute Gasteiger partial charge is 0.314 e. The van der Waals surface area contributed by atoms with Crippen LogP contribution in [0.15, 0.2) is 48.6 Å². The highest BCUT2D eigenvalue weighted by Crippen LogP contribution is 2.42. The van der Waals surface area contributed by atoms with Gasteiger partial charge >= 0.3 is 5.97 Å². The topological polar surface area (TPSA) is 241 Å². The summed E-state index contributed by atoms with van der Waals surface area (Å²) in [5, 5.41) is 106. The number of ether oxygens (including phenoxy) is 2. The van der Waals surface area contributed by atoms with Crippen LogP contribution in [-0.4, -0.2) is 136 Å². The molecule has 2 aliphatic heterocycles. The third kappa shape index (κ3) is 13.7. The average Bonchev–Trinajstić information content (AvgIpc) is 3.66. The van der Waals surface area contributed by atoms with E-state index in [4.69, 9.17) is 9.47 Å². The fourth-order valence-corrected chi connectivity index (χ4v) is 5.87. The van der Waals surface area contributed by atoms with Crippen LogP contribution in [0.1, 0.15) is 78.6 Å². The Morgan fingerprint density at radius 3 is 1.81 bits per heavy atom. The summed E-state index contributed by atoms with van der Waals surface area (Å²) in [5.41, 5.74) is -1.17. The van der Waals surface area contributed by atoms with Gasteiger partial charge in [0.15, 0.2) is 0 Å². The van der Waals surface area contributed by atoms with E-state index in [1.54, 1.807) is 49.5 Å². The van der Waals surface area contributed by atoms with Crippen LogP contribution in [0.2, 0.25) is 0 Å². The number of epoxide rings is 1. The maximum atomic E-state index is 13.2. The van der Waals surface area contributed by atoms with Gasteiger partial charge in [-0.1, -0.05) is 74.8 Å². The molecule has 1 fully saturated rings. The minimum atomic E-state index is -1.66. The molecule has 13 heteroatoms. The van der Waals surface area contributed by atoms with Crippen LogP contribution in [-0.2, 0) is 14.3 Å². The highest BCUT2D eigenvalue weighted by atomic mass is 16.6. The number of aliphatic hydroxyl groups is 10. The maximum Gasteiger partial charge on any atom is 0.314 e. The quantitative estimate of drug-likeness (QED) is 0.105. The number of unbranched alkanes of at least 4 members (excludes halogenated alkanes) is 2. The van der Waals surface area contributed by atoms with Crippen molar-refractivity contribution in [2.45, 2.75) is 157 Å². The van der Waals surface area contributed by atoms with E-state index < -0.39 is 97.2 Å². The molecule has 0 bridgehead atoms. The van der Waals surface area contributed by atoms with Gasteiger partial charge in [0.05, 0.1) is 42.7 Å². The van der Waals surface area contributed by atoms with Crippen molar-refractivity contribution in [3.8, 4) is 0 Å². The van der Waals surface area contributed by atoms with Gasteiger partial charge in [0.1, 0.15) is 42.0 Å². The summed E-state index contributed by atoms with van der Waals surface area (Å²) in [4.78, 5) is 13.2. The Hall–Kier alpha value is -2.01. The van der Waals surface area contributed by atoms with Gasteiger partial charge in [0.2, 0.25) is 0 Å². The van der Waals surface area contributed by atoms with Crippen LogP contribution in [0.3, 0.4) is 0 Å². The number of cyclic esters (lactones) is 1. The Balaban J connectivity index is 2.22. The highest BCUT2D eigenvalue weighted by molar-refractivity contribution is 5.74. The molecule has 276 valence electrons. The lowest BCUT2D eigenvalue weighted by atomic mass is 9.87. The Bertz CT molecular complexity index is 1060. The van der Waals surface area contributed by atoms with Crippen LogP contribution < -0.4 is 0 Å². The van der Waals surface area contributed by atoms with E-state index in [1.165, 1.54) is 13.0 Å². The third-order valence-corrected chi connectivity index (χ3v) is 8.99. The number of esters is 1. The van der Waals surface area contributed by atoms with Crippen molar-refractivity contribution in [2.24, 2.45) is 5.92 Å². The Labute approximate surface area is 283 Å². The minimum Gasteiger partial charge on any atom is -0.459 e. The number of carbonyl (C=O) groups excluding carboxylic acids is 1. The normalized spacial score (nSPS) is 43.4. The number of aliphatic hydroxyl groups excluding tert-OH is 10. The number of carbonyl (C=O) groups is 1. The summed E-state index contributed by atoms with van der Waals surface area (Å²) in [7, 11) is 0. The first-order valence-corrected chi connectivity index (χ1v) is 17.0. The summed E-state index contributed by atoms with van der Waals surface area (Å²) in [6, 6.07) is 0. The Kier molecular flexibility index (Phi) is 18.1. The van der Waals surface area contributed by atoms with E-state index in [1.807, 2.05) is 6.92 Å². The molecule has 2 heterocycles. The fraction of sp³-hybridized carbons (Fsp3) is 0.743. The van der Waals surface area contributed by atoms with Crippen LogP contribution in [0, 0.1) is 5.92 Å². The molecule has 1 saturated heterocycles.